The highest BCUT2D eigenvalue weighted by Gasteiger charge is 2.52. The molecule has 2 aliphatic carbocycles. The molecule has 2 aliphatic rings. The lowest BCUT2D eigenvalue weighted by Gasteiger charge is -2.31. The van der Waals surface area contributed by atoms with Crippen molar-refractivity contribution in [2.45, 2.75) is 44.1 Å². The van der Waals surface area contributed by atoms with Gasteiger partial charge in [-0.15, -0.1) is 0 Å². The first-order valence-electron chi connectivity index (χ1n) is 5.51. The average Bonchev–Trinajstić information content (AvgIpc) is 2.94. The van der Waals surface area contributed by atoms with Crippen LogP contribution in [0, 0.1) is 6.92 Å². The third kappa shape index (κ3) is 0.936. The van der Waals surface area contributed by atoms with Gasteiger partial charge < -0.3 is 5.11 Å². The van der Waals surface area contributed by atoms with E-state index in [-0.39, 0.29) is 11.5 Å². The first kappa shape index (κ1) is 8.49. The summed E-state index contributed by atoms with van der Waals surface area (Å²) in [5.41, 5.74) is 4.52. The first-order chi connectivity index (χ1) is 6.74. The quantitative estimate of drug-likeness (QED) is 0.662. The first-order valence-corrected chi connectivity index (χ1v) is 5.51. The predicted molar refractivity (Wildman–Crippen MR) is 56.4 cm³/mol. The fraction of sp³-hybridized carbons (Fsp3) is 0.538. The minimum atomic E-state index is -0.0863. The zero-order chi connectivity index (χ0) is 9.76. The molecule has 14 heavy (non-hydrogen) atoms. The summed E-state index contributed by atoms with van der Waals surface area (Å²) in [4.78, 5) is 0. The summed E-state index contributed by atoms with van der Waals surface area (Å²) in [6.45, 7) is 2.19. The number of fused-ring (bicyclic) bond motifs is 2. The Morgan fingerprint density at radius 2 is 2.14 bits per heavy atom. The van der Waals surface area contributed by atoms with E-state index in [1.165, 1.54) is 29.5 Å². The lowest BCUT2D eigenvalue weighted by atomic mass is 9.76. The minimum Gasteiger partial charge on any atom is -0.392 e. The summed E-state index contributed by atoms with van der Waals surface area (Å²) in [6.07, 6.45) is 4.30. The molecular weight excluding hydrogens is 172 g/mol. The van der Waals surface area contributed by atoms with Crippen molar-refractivity contribution in [3.63, 3.8) is 0 Å². The molecule has 1 atom stereocenters. The van der Waals surface area contributed by atoms with E-state index in [4.69, 9.17) is 0 Å². The van der Waals surface area contributed by atoms with Crippen LogP contribution >= 0.6 is 0 Å². The Labute approximate surface area is 84.8 Å². The van der Waals surface area contributed by atoms with E-state index in [0.29, 0.717) is 0 Å². The van der Waals surface area contributed by atoms with E-state index < -0.39 is 0 Å². The highest BCUT2D eigenvalue weighted by molar-refractivity contribution is 5.46. The Balaban J connectivity index is 2.18. The number of benzene rings is 1. The maximum absolute atomic E-state index is 10.0. The molecule has 1 spiro atoms. The average molecular weight is 188 g/mol. The molecule has 0 heterocycles. The summed E-state index contributed by atoms with van der Waals surface area (Å²) in [7, 11) is 0. The van der Waals surface area contributed by atoms with Crippen molar-refractivity contribution in [3.05, 3.63) is 34.9 Å². The van der Waals surface area contributed by atoms with Gasteiger partial charge in [0.15, 0.2) is 0 Å². The number of aliphatic hydroxyl groups is 1. The molecule has 1 nitrogen and oxygen atoms in total. The van der Waals surface area contributed by atoms with Gasteiger partial charge in [-0.25, -0.2) is 0 Å². The maximum atomic E-state index is 10.0. The summed E-state index contributed by atoms with van der Waals surface area (Å²) in [5, 5.41) is 10.0. The third-order valence-corrected chi connectivity index (χ3v) is 4.04. The van der Waals surface area contributed by atoms with Gasteiger partial charge in [0.05, 0.1) is 6.10 Å². The molecule has 0 saturated heterocycles. The van der Waals surface area contributed by atoms with Crippen molar-refractivity contribution in [2.75, 3.05) is 0 Å². The zero-order valence-corrected chi connectivity index (χ0v) is 8.59. The topological polar surface area (TPSA) is 20.2 Å². The maximum Gasteiger partial charge on any atom is 0.0640 e. The normalized spacial score (nSPS) is 27.4. The SMILES string of the molecule is Cc1cccc2c1CCC(O)C21CC1. The molecule has 1 unspecified atom stereocenters. The van der Waals surface area contributed by atoms with Gasteiger partial charge >= 0.3 is 0 Å². The molecule has 1 saturated carbocycles. The summed E-state index contributed by atoms with van der Waals surface area (Å²) in [5.74, 6) is 0. The molecule has 1 fully saturated rings. The second-order valence-electron chi connectivity index (χ2n) is 4.81. The molecule has 1 heteroatoms. The summed E-state index contributed by atoms with van der Waals surface area (Å²) in [6, 6.07) is 6.54. The number of rotatable bonds is 0. The molecule has 74 valence electrons. The smallest absolute Gasteiger partial charge is 0.0640 e. The van der Waals surface area contributed by atoms with Crippen LogP contribution in [0.4, 0.5) is 0 Å². The lowest BCUT2D eigenvalue weighted by Crippen LogP contribution is -2.32. The van der Waals surface area contributed by atoms with Gasteiger partial charge in [-0.1, -0.05) is 18.2 Å². The highest BCUT2D eigenvalue weighted by Crippen LogP contribution is 2.55. The number of aliphatic hydroxyl groups excluding tert-OH is 1. The van der Waals surface area contributed by atoms with Gasteiger partial charge in [-0.3, -0.25) is 0 Å². The van der Waals surface area contributed by atoms with E-state index in [1.807, 2.05) is 0 Å². The summed E-state index contributed by atoms with van der Waals surface area (Å²) < 4.78 is 0. The molecule has 1 aromatic rings. The van der Waals surface area contributed by atoms with Crippen molar-refractivity contribution in [1.82, 2.24) is 0 Å². The molecule has 1 N–H and O–H groups in total. The highest BCUT2D eigenvalue weighted by atomic mass is 16.3. The van der Waals surface area contributed by atoms with Crippen molar-refractivity contribution < 1.29 is 5.11 Å². The zero-order valence-electron chi connectivity index (χ0n) is 8.59. The van der Waals surface area contributed by atoms with Crippen LogP contribution in [0.15, 0.2) is 18.2 Å². The Morgan fingerprint density at radius 3 is 2.86 bits per heavy atom. The van der Waals surface area contributed by atoms with Gasteiger partial charge in [0.2, 0.25) is 0 Å². The second kappa shape index (κ2) is 2.60. The Bertz CT molecular complexity index is 377. The van der Waals surface area contributed by atoms with Crippen LogP contribution in [0.2, 0.25) is 0 Å². The monoisotopic (exact) mass is 188 g/mol. The molecular formula is C13H16O. The van der Waals surface area contributed by atoms with Gasteiger partial charge in [0, 0.05) is 5.41 Å². The second-order valence-corrected chi connectivity index (χ2v) is 4.81. The fourth-order valence-electron chi connectivity index (χ4n) is 2.97. The molecule has 0 aliphatic heterocycles. The molecule has 3 rings (SSSR count). The Kier molecular flexibility index (Phi) is 1.58. The van der Waals surface area contributed by atoms with Crippen LogP contribution in [-0.4, -0.2) is 11.2 Å². The number of hydrogen-bond donors (Lipinski definition) is 1. The Hall–Kier alpha value is -0.820. The van der Waals surface area contributed by atoms with Gasteiger partial charge in [0.25, 0.3) is 0 Å². The van der Waals surface area contributed by atoms with Crippen LogP contribution in [-0.2, 0) is 11.8 Å². The Morgan fingerprint density at radius 1 is 1.36 bits per heavy atom. The van der Waals surface area contributed by atoms with E-state index in [0.717, 1.165) is 12.8 Å². The van der Waals surface area contributed by atoms with Crippen LogP contribution in [0.5, 0.6) is 0 Å². The van der Waals surface area contributed by atoms with Crippen LogP contribution in [0.25, 0.3) is 0 Å². The molecule has 0 radical (unpaired) electrons. The van der Waals surface area contributed by atoms with Crippen LogP contribution < -0.4 is 0 Å². The molecule has 0 aromatic heterocycles. The van der Waals surface area contributed by atoms with E-state index >= 15 is 0 Å². The minimum absolute atomic E-state index is 0.0863. The van der Waals surface area contributed by atoms with Gasteiger partial charge in [0.1, 0.15) is 0 Å². The van der Waals surface area contributed by atoms with Crippen molar-refractivity contribution in [3.8, 4) is 0 Å². The van der Waals surface area contributed by atoms with E-state index in [9.17, 15) is 5.11 Å². The summed E-state index contributed by atoms with van der Waals surface area (Å²) >= 11 is 0. The predicted octanol–water partition coefficient (Wildman–Crippen LogP) is 2.33. The van der Waals surface area contributed by atoms with Crippen molar-refractivity contribution >= 4 is 0 Å². The van der Waals surface area contributed by atoms with E-state index in [2.05, 4.69) is 25.1 Å². The van der Waals surface area contributed by atoms with E-state index in [1.54, 1.807) is 0 Å². The number of hydrogen-bond acceptors (Lipinski definition) is 1. The standard InChI is InChI=1S/C13H16O/c1-9-3-2-4-11-10(9)5-6-12(14)13(11)7-8-13/h2-4,12,14H,5-8H2,1H3. The molecule has 1 aromatic carbocycles. The molecule has 0 amide bonds. The largest absolute Gasteiger partial charge is 0.392 e. The molecule has 0 bridgehead atoms. The lowest BCUT2D eigenvalue weighted by molar-refractivity contribution is 0.114. The fourth-order valence-corrected chi connectivity index (χ4v) is 2.97. The van der Waals surface area contributed by atoms with Gasteiger partial charge in [-0.05, 0) is 49.3 Å². The van der Waals surface area contributed by atoms with Gasteiger partial charge in [-0.2, -0.15) is 0 Å². The third-order valence-electron chi connectivity index (χ3n) is 4.04. The van der Waals surface area contributed by atoms with Crippen molar-refractivity contribution in [2.24, 2.45) is 0 Å². The number of aryl methyl sites for hydroxylation is 1. The van der Waals surface area contributed by atoms with Crippen LogP contribution in [0.1, 0.15) is 36.0 Å². The van der Waals surface area contributed by atoms with Crippen LogP contribution in [0.3, 0.4) is 0 Å². The van der Waals surface area contributed by atoms with Crippen molar-refractivity contribution in [1.29, 1.82) is 0 Å².